The summed E-state index contributed by atoms with van der Waals surface area (Å²) >= 11 is 0. The van der Waals surface area contributed by atoms with E-state index in [1.165, 1.54) is 0 Å². The van der Waals surface area contributed by atoms with Crippen LogP contribution in [0.25, 0.3) is 0 Å². The Hall–Kier alpha value is -0.810. The van der Waals surface area contributed by atoms with Gasteiger partial charge in [-0.2, -0.15) is 0 Å². The smallest absolute Gasteiger partial charge is 0.315 e. The molecule has 1 fully saturated rings. The van der Waals surface area contributed by atoms with Crippen LogP contribution in [0, 0.1) is 11.8 Å². The fourth-order valence-electron chi connectivity index (χ4n) is 2.79. The number of nitrogens with one attached hydrogen (secondary N) is 2. The van der Waals surface area contributed by atoms with Crippen LogP contribution in [-0.4, -0.2) is 43.0 Å². The minimum Gasteiger partial charge on any atom is -0.391 e. The van der Waals surface area contributed by atoms with Crippen LogP contribution in [0.5, 0.6) is 0 Å². The predicted octanol–water partition coefficient (Wildman–Crippen LogP) is 1.90. The lowest BCUT2D eigenvalue weighted by molar-refractivity contribution is 0.0568. The Kier molecular flexibility index (Phi) is 7.92. The number of ether oxygens (including phenoxy) is 1. The van der Waals surface area contributed by atoms with E-state index in [1.54, 1.807) is 0 Å². The molecule has 2 unspecified atom stereocenters. The molecular formula is C15H30N2O3. The fraction of sp³-hybridized carbons (Fsp3) is 0.933. The van der Waals surface area contributed by atoms with E-state index in [4.69, 9.17) is 4.74 Å². The molecule has 0 spiro atoms. The van der Waals surface area contributed by atoms with Gasteiger partial charge in [-0.1, -0.05) is 26.7 Å². The molecule has 0 saturated carbocycles. The number of carbonyl (C=O) groups is 1. The van der Waals surface area contributed by atoms with Gasteiger partial charge < -0.3 is 20.5 Å². The molecule has 3 N–H and O–H groups in total. The number of hydrogen-bond acceptors (Lipinski definition) is 3. The number of carbonyl (C=O) groups excluding carboxylic acids is 1. The van der Waals surface area contributed by atoms with Crippen molar-refractivity contribution in [2.45, 2.75) is 58.6 Å². The molecule has 2 amide bonds. The highest BCUT2D eigenvalue weighted by molar-refractivity contribution is 5.74. The zero-order chi connectivity index (χ0) is 15.0. The highest BCUT2D eigenvalue weighted by atomic mass is 16.5. The molecule has 1 heterocycles. The molecule has 20 heavy (non-hydrogen) atoms. The van der Waals surface area contributed by atoms with E-state index in [-0.39, 0.29) is 18.0 Å². The van der Waals surface area contributed by atoms with Gasteiger partial charge in [0.1, 0.15) is 0 Å². The van der Waals surface area contributed by atoms with Gasteiger partial charge in [0, 0.05) is 25.8 Å². The van der Waals surface area contributed by atoms with Crippen molar-refractivity contribution in [1.82, 2.24) is 10.6 Å². The highest BCUT2D eigenvalue weighted by Crippen LogP contribution is 2.18. The Bertz CT molecular complexity index is 276. The summed E-state index contributed by atoms with van der Waals surface area (Å²) in [6.07, 6.45) is 3.39. The summed E-state index contributed by atoms with van der Waals surface area (Å²) in [5.74, 6) is 0.738. The molecule has 2 atom stereocenters. The lowest BCUT2D eigenvalue weighted by atomic mass is 9.93. The third-order valence-electron chi connectivity index (χ3n) is 4.40. The molecule has 0 aromatic rings. The quantitative estimate of drug-likeness (QED) is 0.669. The molecular weight excluding hydrogens is 256 g/mol. The second kappa shape index (κ2) is 9.19. The molecule has 0 aromatic carbocycles. The molecule has 5 heteroatoms. The second-order valence-electron chi connectivity index (χ2n) is 5.74. The van der Waals surface area contributed by atoms with Crippen molar-refractivity contribution >= 4 is 6.03 Å². The Labute approximate surface area is 122 Å². The van der Waals surface area contributed by atoms with Crippen LogP contribution < -0.4 is 10.6 Å². The Morgan fingerprint density at radius 1 is 1.30 bits per heavy atom. The van der Waals surface area contributed by atoms with Gasteiger partial charge in [0.2, 0.25) is 0 Å². The first kappa shape index (κ1) is 17.2. The van der Waals surface area contributed by atoms with Crippen LogP contribution in [0.2, 0.25) is 0 Å². The van der Waals surface area contributed by atoms with Crippen LogP contribution in [0.3, 0.4) is 0 Å². The molecule has 1 aliphatic rings. The van der Waals surface area contributed by atoms with Crippen molar-refractivity contribution in [3.63, 3.8) is 0 Å². The Morgan fingerprint density at radius 2 is 1.90 bits per heavy atom. The third kappa shape index (κ3) is 5.67. The lowest BCUT2D eigenvalue weighted by Crippen LogP contribution is -2.47. The first-order chi connectivity index (χ1) is 9.58. The topological polar surface area (TPSA) is 70.6 Å². The average molecular weight is 286 g/mol. The van der Waals surface area contributed by atoms with Crippen LogP contribution in [0.1, 0.15) is 46.5 Å². The van der Waals surface area contributed by atoms with Gasteiger partial charge >= 0.3 is 6.03 Å². The molecule has 5 nitrogen and oxygen atoms in total. The van der Waals surface area contributed by atoms with E-state index in [1.807, 2.05) is 6.92 Å². The summed E-state index contributed by atoms with van der Waals surface area (Å²) in [4.78, 5) is 11.8. The van der Waals surface area contributed by atoms with Gasteiger partial charge in [-0.15, -0.1) is 0 Å². The third-order valence-corrected chi connectivity index (χ3v) is 4.40. The maximum Gasteiger partial charge on any atom is 0.315 e. The van der Waals surface area contributed by atoms with Crippen molar-refractivity contribution in [3.8, 4) is 0 Å². The van der Waals surface area contributed by atoms with Gasteiger partial charge in [-0.3, -0.25) is 0 Å². The van der Waals surface area contributed by atoms with E-state index in [0.717, 1.165) is 38.9 Å². The molecule has 0 aromatic heterocycles. The fourth-order valence-corrected chi connectivity index (χ4v) is 2.79. The molecule has 118 valence electrons. The molecule has 1 rings (SSSR count). The van der Waals surface area contributed by atoms with Gasteiger partial charge in [-0.05, 0) is 31.6 Å². The first-order valence-corrected chi connectivity index (χ1v) is 7.88. The van der Waals surface area contributed by atoms with E-state index in [2.05, 4.69) is 24.5 Å². The van der Waals surface area contributed by atoms with E-state index in [0.29, 0.717) is 12.5 Å². The number of aliphatic hydroxyl groups excluding tert-OH is 1. The number of aliphatic hydroxyl groups is 1. The maximum atomic E-state index is 11.8. The lowest BCUT2D eigenvalue weighted by Gasteiger charge is -2.28. The number of rotatable bonds is 7. The molecule has 1 saturated heterocycles. The standard InChI is InChI=1S/C15H30N2O3/c1-4-12(5-2)14(18)10-16-15(19)17-11(3)13-6-8-20-9-7-13/h11-14,18H,4-10H2,1-3H3,(H2,16,17,19). The molecule has 0 radical (unpaired) electrons. The van der Waals surface area contributed by atoms with Crippen molar-refractivity contribution in [2.75, 3.05) is 19.8 Å². The predicted molar refractivity (Wildman–Crippen MR) is 79.6 cm³/mol. The van der Waals surface area contributed by atoms with Crippen molar-refractivity contribution in [3.05, 3.63) is 0 Å². The summed E-state index contributed by atoms with van der Waals surface area (Å²) in [5.41, 5.74) is 0. The Morgan fingerprint density at radius 3 is 2.45 bits per heavy atom. The van der Waals surface area contributed by atoms with Crippen LogP contribution in [0.15, 0.2) is 0 Å². The molecule has 1 aliphatic heterocycles. The highest BCUT2D eigenvalue weighted by Gasteiger charge is 2.22. The van der Waals surface area contributed by atoms with Gasteiger partial charge in [0.05, 0.1) is 6.10 Å². The monoisotopic (exact) mass is 286 g/mol. The van der Waals surface area contributed by atoms with Crippen molar-refractivity contribution in [1.29, 1.82) is 0 Å². The van der Waals surface area contributed by atoms with E-state index in [9.17, 15) is 9.90 Å². The van der Waals surface area contributed by atoms with Gasteiger partial charge in [-0.25, -0.2) is 4.79 Å². The summed E-state index contributed by atoms with van der Waals surface area (Å²) in [6, 6.07) is -0.0433. The zero-order valence-electron chi connectivity index (χ0n) is 13.0. The summed E-state index contributed by atoms with van der Waals surface area (Å²) in [7, 11) is 0. The summed E-state index contributed by atoms with van der Waals surface area (Å²) in [5, 5.41) is 15.7. The van der Waals surface area contributed by atoms with Crippen LogP contribution >= 0.6 is 0 Å². The summed E-state index contributed by atoms with van der Waals surface area (Å²) < 4.78 is 5.32. The summed E-state index contributed by atoms with van der Waals surface area (Å²) in [6.45, 7) is 8.04. The normalized spacial score (nSPS) is 19.6. The largest absolute Gasteiger partial charge is 0.391 e. The van der Waals surface area contributed by atoms with Gasteiger partial charge in [0.25, 0.3) is 0 Å². The van der Waals surface area contributed by atoms with Crippen LogP contribution in [-0.2, 0) is 4.74 Å². The number of hydrogen-bond donors (Lipinski definition) is 3. The van der Waals surface area contributed by atoms with Crippen molar-refractivity contribution < 1.29 is 14.6 Å². The van der Waals surface area contributed by atoms with Gasteiger partial charge in [0.15, 0.2) is 0 Å². The molecule has 0 bridgehead atoms. The average Bonchev–Trinajstić information content (AvgIpc) is 2.47. The van der Waals surface area contributed by atoms with Crippen LogP contribution in [0.4, 0.5) is 4.79 Å². The minimum atomic E-state index is -0.464. The minimum absolute atomic E-state index is 0.143. The zero-order valence-corrected chi connectivity index (χ0v) is 13.0. The first-order valence-electron chi connectivity index (χ1n) is 7.88. The van der Waals surface area contributed by atoms with E-state index >= 15 is 0 Å². The SMILES string of the molecule is CCC(CC)C(O)CNC(=O)NC(C)C1CCOCC1. The molecule has 0 aliphatic carbocycles. The van der Waals surface area contributed by atoms with Crippen molar-refractivity contribution in [2.24, 2.45) is 11.8 Å². The number of urea groups is 1. The second-order valence-corrected chi connectivity index (χ2v) is 5.74. The Balaban J connectivity index is 2.25. The maximum absolute atomic E-state index is 11.8. The van der Waals surface area contributed by atoms with E-state index < -0.39 is 6.10 Å². The number of amides is 2.